The molecule has 0 saturated carbocycles. The molecule has 0 aromatic rings. The van der Waals surface area contributed by atoms with Crippen LogP contribution in [0.25, 0.3) is 0 Å². The van der Waals surface area contributed by atoms with Crippen LogP contribution in [0.5, 0.6) is 0 Å². The summed E-state index contributed by atoms with van der Waals surface area (Å²) >= 11 is 0. The Balaban J connectivity index is 3.90. The molecule has 0 heterocycles. The maximum Gasteiger partial charge on any atom is 0.334 e. The van der Waals surface area contributed by atoms with Gasteiger partial charge in [-0.05, 0) is 0 Å². The van der Waals surface area contributed by atoms with Gasteiger partial charge in [-0.25, -0.2) is 4.79 Å². The molecule has 0 unspecified atom stereocenters. The number of hydrogen-bond donors (Lipinski definition) is 2. The number of carbonyl (C=O) groups is 3. The Hall–Kier alpha value is -1.43. The second kappa shape index (κ2) is 4.40. The monoisotopic (exact) mass is 161 g/mol. The summed E-state index contributed by atoms with van der Waals surface area (Å²) in [5.41, 5.74) is 0. The van der Waals surface area contributed by atoms with Crippen LogP contribution in [0.1, 0.15) is 0 Å². The maximum atomic E-state index is 9.96. The van der Waals surface area contributed by atoms with E-state index in [4.69, 9.17) is 10.2 Å². The van der Waals surface area contributed by atoms with Gasteiger partial charge in [-0.15, -0.1) is 0 Å². The molecule has 6 nitrogen and oxygen atoms in total. The first-order chi connectivity index (χ1) is 5.11. The molecule has 6 heteroatoms. The standard InChI is InChI=1S/C5H7NO5/c7-2-6(3-8)1-4(9)5(10)11/h2-4,9H,1H2,(H,10,11)/t4-/m0/s1. The van der Waals surface area contributed by atoms with Crippen LogP contribution in [0, 0.1) is 0 Å². The largest absolute Gasteiger partial charge is 0.479 e. The van der Waals surface area contributed by atoms with Gasteiger partial charge in [-0.2, -0.15) is 0 Å². The first-order valence-corrected chi connectivity index (χ1v) is 2.69. The fraction of sp³-hybridized carbons (Fsp3) is 0.400. The Morgan fingerprint density at radius 1 is 1.45 bits per heavy atom. The van der Waals surface area contributed by atoms with Crippen LogP contribution in [0.3, 0.4) is 0 Å². The first kappa shape index (κ1) is 9.57. The summed E-state index contributed by atoms with van der Waals surface area (Å²) in [6.07, 6.45) is -1.44. The van der Waals surface area contributed by atoms with Crippen LogP contribution >= 0.6 is 0 Å². The molecule has 0 radical (unpaired) electrons. The van der Waals surface area contributed by atoms with Gasteiger partial charge in [-0.1, -0.05) is 0 Å². The van der Waals surface area contributed by atoms with Gasteiger partial charge in [0.05, 0.1) is 6.54 Å². The summed E-state index contributed by atoms with van der Waals surface area (Å²) in [5, 5.41) is 16.7. The van der Waals surface area contributed by atoms with Crippen LogP contribution in [0.4, 0.5) is 0 Å². The van der Waals surface area contributed by atoms with Crippen molar-refractivity contribution in [2.75, 3.05) is 6.54 Å². The molecule has 0 aliphatic rings. The number of hydrogen-bond acceptors (Lipinski definition) is 4. The topological polar surface area (TPSA) is 94.9 Å². The fourth-order valence-corrected chi connectivity index (χ4v) is 0.389. The van der Waals surface area contributed by atoms with Gasteiger partial charge >= 0.3 is 5.97 Å². The molecular formula is C5H7NO5. The summed E-state index contributed by atoms with van der Waals surface area (Å²) < 4.78 is 0. The number of carbonyl (C=O) groups excluding carboxylic acids is 2. The van der Waals surface area contributed by atoms with Gasteiger partial charge in [0.2, 0.25) is 12.8 Å². The van der Waals surface area contributed by atoms with E-state index < -0.39 is 18.6 Å². The number of amides is 2. The molecule has 0 spiro atoms. The fourth-order valence-electron chi connectivity index (χ4n) is 0.389. The Labute approximate surface area is 62.0 Å². The molecule has 0 rings (SSSR count). The molecule has 0 aliphatic carbocycles. The predicted molar refractivity (Wildman–Crippen MR) is 32.5 cm³/mol. The zero-order chi connectivity index (χ0) is 8.85. The number of imide groups is 1. The van der Waals surface area contributed by atoms with Crippen LogP contribution in [0.2, 0.25) is 0 Å². The molecule has 2 amide bonds. The molecule has 0 aromatic carbocycles. The van der Waals surface area contributed by atoms with E-state index in [9.17, 15) is 14.4 Å². The van der Waals surface area contributed by atoms with Gasteiger partial charge in [0, 0.05) is 0 Å². The van der Waals surface area contributed by atoms with E-state index in [1.165, 1.54) is 0 Å². The van der Waals surface area contributed by atoms with Crippen molar-refractivity contribution in [1.82, 2.24) is 4.90 Å². The van der Waals surface area contributed by atoms with Crippen LogP contribution < -0.4 is 0 Å². The average Bonchev–Trinajstić information content (AvgIpc) is 1.99. The van der Waals surface area contributed by atoms with E-state index in [0.717, 1.165) is 0 Å². The van der Waals surface area contributed by atoms with E-state index >= 15 is 0 Å². The SMILES string of the molecule is O=CN(C=O)C[C@H](O)C(=O)O. The lowest BCUT2D eigenvalue weighted by atomic mass is 10.3. The second-order valence-corrected chi connectivity index (χ2v) is 1.76. The van der Waals surface area contributed by atoms with Gasteiger partial charge in [0.15, 0.2) is 6.10 Å². The quantitative estimate of drug-likeness (QED) is 0.457. The third kappa shape index (κ3) is 3.31. The second-order valence-electron chi connectivity index (χ2n) is 1.76. The summed E-state index contributed by atoms with van der Waals surface area (Å²) in [5.74, 6) is -1.47. The highest BCUT2D eigenvalue weighted by atomic mass is 16.4. The van der Waals surface area contributed by atoms with Crippen molar-refractivity contribution in [3.05, 3.63) is 0 Å². The van der Waals surface area contributed by atoms with Crippen LogP contribution in [-0.2, 0) is 14.4 Å². The van der Waals surface area contributed by atoms with E-state index in [1.807, 2.05) is 0 Å². The number of aliphatic hydroxyl groups excluding tert-OH is 1. The van der Waals surface area contributed by atoms with E-state index in [2.05, 4.69) is 0 Å². The summed E-state index contributed by atoms with van der Waals surface area (Å²) in [6, 6.07) is 0. The molecular weight excluding hydrogens is 154 g/mol. The molecule has 2 N–H and O–H groups in total. The van der Waals surface area contributed by atoms with Crippen molar-refractivity contribution < 1.29 is 24.6 Å². The average molecular weight is 161 g/mol. The first-order valence-electron chi connectivity index (χ1n) is 2.69. The minimum absolute atomic E-state index is 0.138. The number of rotatable bonds is 5. The summed E-state index contributed by atoms with van der Waals surface area (Å²) in [7, 11) is 0. The highest BCUT2D eigenvalue weighted by molar-refractivity contribution is 5.75. The highest BCUT2D eigenvalue weighted by Crippen LogP contribution is 1.85. The number of nitrogens with zero attached hydrogens (tertiary/aromatic N) is 1. The third-order valence-electron chi connectivity index (χ3n) is 0.940. The van der Waals surface area contributed by atoms with Crippen molar-refractivity contribution in [2.24, 2.45) is 0 Å². The van der Waals surface area contributed by atoms with Gasteiger partial charge in [0.1, 0.15) is 0 Å². The number of carboxylic acid groups (broad SMARTS) is 1. The highest BCUT2D eigenvalue weighted by Gasteiger charge is 2.15. The van der Waals surface area contributed by atoms with Gasteiger partial charge < -0.3 is 10.2 Å². The number of aliphatic carboxylic acids is 1. The molecule has 0 aliphatic heterocycles. The summed E-state index contributed by atoms with van der Waals surface area (Å²) in [4.78, 5) is 30.2. The Kier molecular flexibility index (Phi) is 3.82. The summed E-state index contributed by atoms with van der Waals surface area (Å²) in [6.45, 7) is -0.525. The normalized spacial score (nSPS) is 11.7. The zero-order valence-corrected chi connectivity index (χ0v) is 5.51. The van der Waals surface area contributed by atoms with Crippen molar-refractivity contribution >= 4 is 18.8 Å². The number of carboxylic acids is 1. The van der Waals surface area contributed by atoms with Gasteiger partial charge in [-0.3, -0.25) is 14.5 Å². The zero-order valence-electron chi connectivity index (χ0n) is 5.51. The van der Waals surface area contributed by atoms with E-state index in [0.29, 0.717) is 4.90 Å². The smallest absolute Gasteiger partial charge is 0.334 e. The van der Waals surface area contributed by atoms with Crippen LogP contribution in [-0.4, -0.2) is 46.6 Å². The molecule has 11 heavy (non-hydrogen) atoms. The lowest BCUT2D eigenvalue weighted by Gasteiger charge is -2.10. The minimum atomic E-state index is -1.72. The lowest BCUT2D eigenvalue weighted by Crippen LogP contribution is -2.35. The lowest BCUT2D eigenvalue weighted by molar-refractivity contribution is -0.148. The molecule has 62 valence electrons. The van der Waals surface area contributed by atoms with Crippen molar-refractivity contribution in [2.45, 2.75) is 6.10 Å². The molecule has 0 saturated heterocycles. The minimum Gasteiger partial charge on any atom is -0.479 e. The van der Waals surface area contributed by atoms with E-state index in [-0.39, 0.29) is 12.8 Å². The molecule has 0 aromatic heterocycles. The van der Waals surface area contributed by atoms with Crippen molar-refractivity contribution in [3.63, 3.8) is 0 Å². The maximum absolute atomic E-state index is 9.96. The van der Waals surface area contributed by atoms with Gasteiger partial charge in [0.25, 0.3) is 0 Å². The molecule has 0 bridgehead atoms. The molecule has 1 atom stereocenters. The predicted octanol–water partition coefficient (Wildman–Crippen LogP) is -1.95. The third-order valence-corrected chi connectivity index (χ3v) is 0.940. The Morgan fingerprint density at radius 3 is 2.18 bits per heavy atom. The molecule has 0 fully saturated rings. The Bertz CT molecular complexity index is 160. The Morgan fingerprint density at radius 2 is 1.91 bits per heavy atom. The van der Waals surface area contributed by atoms with E-state index in [1.54, 1.807) is 0 Å². The van der Waals surface area contributed by atoms with Crippen molar-refractivity contribution in [1.29, 1.82) is 0 Å². The number of aliphatic hydroxyl groups is 1. The van der Waals surface area contributed by atoms with Crippen molar-refractivity contribution in [3.8, 4) is 0 Å². The van der Waals surface area contributed by atoms with Crippen LogP contribution in [0.15, 0.2) is 0 Å².